The molecular formula is C28H32O10. The molecule has 0 bridgehead atoms. The zero-order chi connectivity index (χ0) is 28.3. The van der Waals surface area contributed by atoms with E-state index < -0.39 is 40.7 Å². The standard InChI is InChI=1S/C28H32O10/c1-3-37-25(35)27(26(36)38-4-2,16-8-11-22(29)30)17-18-28(24(33)34,20-9-6-5-7-10-20)21-14-12-19(13-15-21)23(31)32/h5-7,9-10,12-15H,3-4,8,11,16-18H2,1-2H3,(H,29,30)(H,31,32)(H,33,34). The van der Waals surface area contributed by atoms with Crippen molar-refractivity contribution in [2.45, 2.75) is 51.4 Å². The van der Waals surface area contributed by atoms with Gasteiger partial charge in [-0.25, -0.2) is 4.79 Å². The van der Waals surface area contributed by atoms with E-state index in [4.69, 9.17) is 14.6 Å². The molecule has 1 unspecified atom stereocenters. The van der Waals surface area contributed by atoms with Gasteiger partial charge in [-0.1, -0.05) is 42.5 Å². The molecule has 0 fully saturated rings. The van der Waals surface area contributed by atoms with Crippen molar-refractivity contribution in [3.05, 3.63) is 71.3 Å². The van der Waals surface area contributed by atoms with E-state index in [-0.39, 0.29) is 56.4 Å². The minimum atomic E-state index is -1.95. The number of carbonyl (C=O) groups is 5. The van der Waals surface area contributed by atoms with Gasteiger partial charge in [0.2, 0.25) is 0 Å². The van der Waals surface area contributed by atoms with Crippen LogP contribution < -0.4 is 0 Å². The molecule has 0 aliphatic carbocycles. The summed E-state index contributed by atoms with van der Waals surface area (Å²) < 4.78 is 10.4. The van der Waals surface area contributed by atoms with Gasteiger partial charge in [-0.3, -0.25) is 19.2 Å². The van der Waals surface area contributed by atoms with E-state index in [0.29, 0.717) is 5.56 Å². The summed E-state index contributed by atoms with van der Waals surface area (Å²) in [6, 6.07) is 13.6. The van der Waals surface area contributed by atoms with Gasteiger partial charge in [0.1, 0.15) is 5.41 Å². The van der Waals surface area contributed by atoms with Crippen molar-refractivity contribution in [1.82, 2.24) is 0 Å². The zero-order valence-corrected chi connectivity index (χ0v) is 21.3. The van der Waals surface area contributed by atoms with E-state index in [9.17, 15) is 34.2 Å². The Kier molecular flexibility index (Phi) is 10.6. The maximum absolute atomic E-state index is 13.3. The Labute approximate surface area is 220 Å². The van der Waals surface area contributed by atoms with E-state index >= 15 is 0 Å². The Morgan fingerprint density at radius 1 is 0.711 bits per heavy atom. The smallest absolute Gasteiger partial charge is 0.335 e. The van der Waals surface area contributed by atoms with Crippen molar-refractivity contribution < 1.29 is 48.8 Å². The molecule has 0 radical (unpaired) electrons. The molecule has 10 nitrogen and oxygen atoms in total. The maximum Gasteiger partial charge on any atom is 0.335 e. The number of hydrogen-bond donors (Lipinski definition) is 3. The van der Waals surface area contributed by atoms with Crippen LogP contribution >= 0.6 is 0 Å². The number of hydrogen-bond acceptors (Lipinski definition) is 7. The molecule has 0 aromatic heterocycles. The van der Waals surface area contributed by atoms with Crippen LogP contribution in [0.1, 0.15) is 67.4 Å². The molecule has 0 saturated carbocycles. The molecule has 3 N–H and O–H groups in total. The lowest BCUT2D eigenvalue weighted by atomic mass is 9.66. The normalized spacial score (nSPS) is 12.7. The molecule has 2 aromatic carbocycles. The summed E-state index contributed by atoms with van der Waals surface area (Å²) in [4.78, 5) is 62.1. The number of ether oxygens (including phenoxy) is 2. The SMILES string of the molecule is CCOC(=O)C(CCCC(=O)O)(CCC(C(=O)O)(c1ccccc1)c1ccc(C(=O)O)cc1)C(=O)OCC. The summed E-state index contributed by atoms with van der Waals surface area (Å²) in [6.45, 7) is 3.00. The van der Waals surface area contributed by atoms with Gasteiger partial charge < -0.3 is 24.8 Å². The second kappa shape index (κ2) is 13.4. The van der Waals surface area contributed by atoms with Gasteiger partial charge >= 0.3 is 29.8 Å². The fourth-order valence-corrected chi connectivity index (χ4v) is 4.53. The number of carboxylic acid groups (broad SMARTS) is 3. The average molecular weight is 529 g/mol. The topological polar surface area (TPSA) is 164 Å². The van der Waals surface area contributed by atoms with Crippen LogP contribution in [0.15, 0.2) is 54.6 Å². The predicted molar refractivity (Wildman–Crippen MR) is 135 cm³/mol. The fourth-order valence-electron chi connectivity index (χ4n) is 4.53. The fraction of sp³-hybridized carbons (Fsp3) is 0.393. The number of rotatable bonds is 15. The van der Waals surface area contributed by atoms with E-state index in [0.717, 1.165) is 0 Å². The van der Waals surface area contributed by atoms with Gasteiger partial charge in [0.05, 0.1) is 18.8 Å². The minimum absolute atomic E-state index is 0.0397. The van der Waals surface area contributed by atoms with Crippen molar-refractivity contribution in [2.75, 3.05) is 13.2 Å². The van der Waals surface area contributed by atoms with Gasteiger partial charge in [-0.2, -0.15) is 0 Å². The maximum atomic E-state index is 13.3. The van der Waals surface area contributed by atoms with Crippen LogP contribution in [0.4, 0.5) is 0 Å². The van der Waals surface area contributed by atoms with E-state index in [1.165, 1.54) is 24.3 Å². The molecule has 204 valence electrons. The van der Waals surface area contributed by atoms with E-state index in [1.807, 2.05) is 0 Å². The molecule has 0 spiro atoms. The first-order valence-electron chi connectivity index (χ1n) is 12.2. The second-order valence-corrected chi connectivity index (χ2v) is 8.73. The summed E-state index contributed by atoms with van der Waals surface area (Å²) in [5.41, 5.74) is -3.17. The number of aliphatic carboxylic acids is 2. The first kappa shape index (κ1) is 30.0. The largest absolute Gasteiger partial charge is 0.481 e. The summed E-state index contributed by atoms with van der Waals surface area (Å²) in [7, 11) is 0. The first-order valence-corrected chi connectivity index (χ1v) is 12.2. The summed E-state index contributed by atoms with van der Waals surface area (Å²) in [6.07, 6.45) is -1.19. The number of aromatic carboxylic acids is 1. The molecule has 0 aliphatic heterocycles. The molecule has 0 aliphatic rings. The van der Waals surface area contributed by atoms with Gasteiger partial charge in [0.25, 0.3) is 0 Å². The summed E-state index contributed by atoms with van der Waals surface area (Å²) in [5, 5.41) is 29.0. The number of carbonyl (C=O) groups excluding carboxylic acids is 2. The van der Waals surface area contributed by atoms with Gasteiger partial charge in [-0.15, -0.1) is 0 Å². The molecule has 10 heteroatoms. The van der Waals surface area contributed by atoms with Crippen molar-refractivity contribution in [1.29, 1.82) is 0 Å². The van der Waals surface area contributed by atoms with Crippen molar-refractivity contribution in [3.8, 4) is 0 Å². The Morgan fingerprint density at radius 2 is 1.24 bits per heavy atom. The van der Waals surface area contributed by atoms with Crippen LogP contribution in [0.3, 0.4) is 0 Å². The highest BCUT2D eigenvalue weighted by Crippen LogP contribution is 2.43. The lowest BCUT2D eigenvalue weighted by Gasteiger charge is -2.35. The second-order valence-electron chi connectivity index (χ2n) is 8.73. The lowest BCUT2D eigenvalue weighted by Crippen LogP contribution is -2.45. The molecular weight excluding hydrogens is 496 g/mol. The lowest BCUT2D eigenvalue weighted by molar-refractivity contribution is -0.174. The van der Waals surface area contributed by atoms with E-state index in [1.54, 1.807) is 44.2 Å². The van der Waals surface area contributed by atoms with Gasteiger partial charge in [-0.05, 0) is 62.8 Å². The third-order valence-corrected chi connectivity index (χ3v) is 6.51. The summed E-state index contributed by atoms with van der Waals surface area (Å²) in [5.74, 6) is -5.41. The first-order chi connectivity index (χ1) is 18.0. The Balaban J connectivity index is 2.69. The Hall–Kier alpha value is -4.21. The third-order valence-electron chi connectivity index (χ3n) is 6.51. The van der Waals surface area contributed by atoms with Crippen LogP contribution in [0.2, 0.25) is 0 Å². The Morgan fingerprint density at radius 3 is 1.68 bits per heavy atom. The highest BCUT2D eigenvalue weighted by atomic mass is 16.6. The number of benzene rings is 2. The van der Waals surface area contributed by atoms with Crippen molar-refractivity contribution in [2.24, 2.45) is 5.41 Å². The average Bonchev–Trinajstić information content (AvgIpc) is 2.88. The molecule has 0 amide bonds. The van der Waals surface area contributed by atoms with Crippen molar-refractivity contribution >= 4 is 29.8 Å². The highest BCUT2D eigenvalue weighted by Gasteiger charge is 2.52. The van der Waals surface area contributed by atoms with Gasteiger partial charge in [0.15, 0.2) is 5.41 Å². The van der Waals surface area contributed by atoms with Crippen LogP contribution in [-0.2, 0) is 34.1 Å². The van der Waals surface area contributed by atoms with Gasteiger partial charge in [0, 0.05) is 6.42 Å². The molecule has 38 heavy (non-hydrogen) atoms. The molecule has 0 heterocycles. The van der Waals surface area contributed by atoms with E-state index in [2.05, 4.69) is 0 Å². The quantitative estimate of drug-likeness (QED) is 0.228. The summed E-state index contributed by atoms with van der Waals surface area (Å²) >= 11 is 0. The number of esters is 2. The Bertz CT molecular complexity index is 1120. The van der Waals surface area contributed by atoms with Crippen LogP contribution in [0, 0.1) is 5.41 Å². The third kappa shape index (κ3) is 6.56. The molecule has 2 rings (SSSR count). The van der Waals surface area contributed by atoms with Crippen LogP contribution in [0.5, 0.6) is 0 Å². The highest BCUT2D eigenvalue weighted by molar-refractivity contribution is 6.00. The molecule has 2 aromatic rings. The molecule has 1 atom stereocenters. The van der Waals surface area contributed by atoms with Crippen molar-refractivity contribution in [3.63, 3.8) is 0 Å². The molecule has 0 saturated heterocycles. The number of carboxylic acids is 3. The predicted octanol–water partition coefficient (Wildman–Crippen LogP) is 3.90. The monoisotopic (exact) mass is 528 g/mol. The van der Waals surface area contributed by atoms with Crippen LogP contribution in [0.25, 0.3) is 0 Å². The minimum Gasteiger partial charge on any atom is -0.481 e. The van der Waals surface area contributed by atoms with Crippen LogP contribution in [-0.4, -0.2) is 58.4 Å². The zero-order valence-electron chi connectivity index (χ0n) is 21.3.